The zero-order valence-corrected chi connectivity index (χ0v) is 7.69. The molecule has 0 aliphatic rings. The third-order valence-corrected chi connectivity index (χ3v) is 2.21. The maximum Gasteiger partial charge on any atom is 0.268 e. The molecule has 0 aliphatic heterocycles. The predicted molar refractivity (Wildman–Crippen MR) is 53.9 cm³/mol. The topological polar surface area (TPSA) is 45.8 Å². The van der Waals surface area contributed by atoms with Crippen molar-refractivity contribution in [3.05, 3.63) is 46.4 Å². The minimum atomic E-state index is -0.244. The second kappa shape index (κ2) is 3.00. The largest absolute Gasteiger partial charge is 0.317 e. The molecule has 68 valence electrons. The first-order chi connectivity index (χ1) is 6.74. The van der Waals surface area contributed by atoms with Crippen molar-refractivity contribution in [1.29, 1.82) is 5.26 Å². The van der Waals surface area contributed by atoms with Crippen molar-refractivity contribution in [3.8, 4) is 6.07 Å². The zero-order chi connectivity index (χ0) is 10.1. The fraction of sp³-hybridized carbons (Fsp3) is 0.0909. The van der Waals surface area contributed by atoms with Gasteiger partial charge in [-0.05, 0) is 5.39 Å². The number of hydrogen-bond donors (Lipinski definition) is 0. The number of hydrogen-bond acceptors (Lipinski definition) is 2. The predicted octanol–water partition coefficient (Wildman–Crippen LogP) is 1.41. The van der Waals surface area contributed by atoms with E-state index in [4.69, 9.17) is 5.26 Å². The molecule has 0 amide bonds. The molecule has 0 bridgehead atoms. The van der Waals surface area contributed by atoms with E-state index < -0.39 is 0 Å². The van der Waals surface area contributed by atoms with Crippen LogP contribution in [-0.4, -0.2) is 4.57 Å². The summed E-state index contributed by atoms with van der Waals surface area (Å²) in [5.74, 6) is 0. The van der Waals surface area contributed by atoms with Gasteiger partial charge in [-0.1, -0.05) is 24.3 Å². The summed E-state index contributed by atoms with van der Waals surface area (Å²) in [5.41, 5.74) is -0.0307. The molecule has 0 spiro atoms. The van der Waals surface area contributed by atoms with E-state index in [9.17, 15) is 4.79 Å². The molecule has 1 aromatic heterocycles. The summed E-state index contributed by atoms with van der Waals surface area (Å²) in [6.07, 6.45) is 1.73. The lowest BCUT2D eigenvalue weighted by Gasteiger charge is -2.02. The molecule has 1 heterocycles. The van der Waals surface area contributed by atoms with Crippen molar-refractivity contribution in [1.82, 2.24) is 4.57 Å². The molecule has 0 saturated heterocycles. The SMILES string of the molecule is Cn1cc2ccccc2c(C#N)c1=O. The lowest BCUT2D eigenvalue weighted by atomic mass is 10.1. The number of aromatic nitrogens is 1. The highest BCUT2D eigenvalue weighted by molar-refractivity contribution is 5.86. The van der Waals surface area contributed by atoms with Crippen LogP contribution >= 0.6 is 0 Å². The highest BCUT2D eigenvalue weighted by Crippen LogP contribution is 2.13. The number of nitrogens with zero attached hydrogens (tertiary/aromatic N) is 2. The molecule has 3 nitrogen and oxygen atoms in total. The van der Waals surface area contributed by atoms with Crippen molar-refractivity contribution in [3.63, 3.8) is 0 Å². The summed E-state index contributed by atoms with van der Waals surface area (Å²) in [7, 11) is 1.65. The lowest BCUT2D eigenvalue weighted by Crippen LogP contribution is -2.18. The van der Waals surface area contributed by atoms with Crippen LogP contribution in [0.1, 0.15) is 5.56 Å². The van der Waals surface area contributed by atoms with Gasteiger partial charge < -0.3 is 4.57 Å². The first-order valence-electron chi connectivity index (χ1n) is 4.22. The third-order valence-electron chi connectivity index (χ3n) is 2.21. The smallest absolute Gasteiger partial charge is 0.268 e. The molecule has 14 heavy (non-hydrogen) atoms. The van der Waals surface area contributed by atoms with E-state index in [2.05, 4.69) is 0 Å². The molecule has 0 atom stereocenters. The Morgan fingerprint density at radius 2 is 2.07 bits per heavy atom. The Morgan fingerprint density at radius 3 is 2.79 bits per heavy atom. The van der Waals surface area contributed by atoms with Gasteiger partial charge in [0.05, 0.1) is 0 Å². The van der Waals surface area contributed by atoms with Crippen LogP contribution in [-0.2, 0) is 7.05 Å². The van der Waals surface area contributed by atoms with Gasteiger partial charge in [-0.3, -0.25) is 4.79 Å². The molecule has 0 fully saturated rings. The average Bonchev–Trinajstić information content (AvgIpc) is 2.20. The van der Waals surface area contributed by atoms with E-state index >= 15 is 0 Å². The van der Waals surface area contributed by atoms with Crippen molar-refractivity contribution in [2.75, 3.05) is 0 Å². The van der Waals surface area contributed by atoms with Gasteiger partial charge in [-0.25, -0.2) is 0 Å². The number of rotatable bonds is 0. The minimum Gasteiger partial charge on any atom is -0.317 e. The molecule has 0 N–H and O–H groups in total. The molecule has 0 unspecified atom stereocenters. The van der Waals surface area contributed by atoms with Crippen molar-refractivity contribution in [2.24, 2.45) is 7.05 Å². The summed E-state index contributed by atoms with van der Waals surface area (Å²) in [6, 6.07) is 9.32. The van der Waals surface area contributed by atoms with Crippen LogP contribution < -0.4 is 5.56 Å². The second-order valence-corrected chi connectivity index (χ2v) is 3.12. The molecule has 2 rings (SSSR count). The van der Waals surface area contributed by atoms with E-state index in [1.807, 2.05) is 24.3 Å². The summed E-state index contributed by atoms with van der Waals surface area (Å²) in [6.45, 7) is 0. The number of fused-ring (bicyclic) bond motifs is 1. The highest BCUT2D eigenvalue weighted by Gasteiger charge is 2.05. The fourth-order valence-electron chi connectivity index (χ4n) is 1.50. The normalized spacial score (nSPS) is 10.0. The van der Waals surface area contributed by atoms with E-state index in [1.165, 1.54) is 4.57 Å². The number of pyridine rings is 1. The molecule has 0 aliphatic carbocycles. The number of aryl methyl sites for hydroxylation is 1. The van der Waals surface area contributed by atoms with Crippen molar-refractivity contribution in [2.45, 2.75) is 0 Å². The van der Waals surface area contributed by atoms with Crippen molar-refractivity contribution >= 4 is 10.8 Å². The number of benzene rings is 1. The Balaban J connectivity index is 3.06. The summed E-state index contributed by atoms with van der Waals surface area (Å²) in [5, 5.41) is 10.5. The van der Waals surface area contributed by atoms with Gasteiger partial charge in [0.15, 0.2) is 0 Å². The molecular formula is C11H8N2O. The third kappa shape index (κ3) is 1.09. The Labute approximate surface area is 80.8 Å². The van der Waals surface area contributed by atoms with E-state index in [-0.39, 0.29) is 11.1 Å². The Bertz CT molecular complexity index is 590. The quantitative estimate of drug-likeness (QED) is 0.621. The lowest BCUT2D eigenvalue weighted by molar-refractivity contribution is 0.866. The standard InChI is InChI=1S/C11H8N2O/c1-13-7-8-4-2-3-5-9(8)10(6-12)11(13)14/h2-5,7H,1H3. The monoisotopic (exact) mass is 184 g/mol. The molecule has 0 radical (unpaired) electrons. The molecule has 2 aromatic rings. The van der Waals surface area contributed by atoms with Gasteiger partial charge in [0.2, 0.25) is 0 Å². The highest BCUT2D eigenvalue weighted by atomic mass is 16.1. The van der Waals surface area contributed by atoms with Crippen LogP contribution in [0.15, 0.2) is 35.3 Å². The van der Waals surface area contributed by atoms with Crippen molar-refractivity contribution < 1.29 is 0 Å². The van der Waals surface area contributed by atoms with E-state index in [0.717, 1.165) is 10.8 Å². The van der Waals surface area contributed by atoms with Gasteiger partial charge in [0, 0.05) is 18.6 Å². The van der Waals surface area contributed by atoms with E-state index in [0.29, 0.717) is 0 Å². The Kier molecular flexibility index (Phi) is 1.83. The molecule has 1 aromatic carbocycles. The molecular weight excluding hydrogens is 176 g/mol. The fourth-order valence-corrected chi connectivity index (χ4v) is 1.50. The van der Waals surface area contributed by atoms with Crippen LogP contribution in [0, 0.1) is 11.3 Å². The Morgan fingerprint density at radius 1 is 1.36 bits per heavy atom. The number of nitriles is 1. The second-order valence-electron chi connectivity index (χ2n) is 3.12. The maximum absolute atomic E-state index is 11.6. The van der Waals surface area contributed by atoms with Crippen LogP contribution in [0.4, 0.5) is 0 Å². The van der Waals surface area contributed by atoms with Gasteiger partial charge >= 0.3 is 0 Å². The Hall–Kier alpha value is -2.08. The first kappa shape index (κ1) is 8.52. The van der Waals surface area contributed by atoms with Gasteiger partial charge in [0.25, 0.3) is 5.56 Å². The summed E-state index contributed by atoms with van der Waals surface area (Å²) in [4.78, 5) is 11.6. The van der Waals surface area contributed by atoms with Crippen LogP contribution in [0.2, 0.25) is 0 Å². The minimum absolute atomic E-state index is 0.214. The summed E-state index contributed by atoms with van der Waals surface area (Å²) < 4.78 is 1.43. The molecule has 0 saturated carbocycles. The van der Waals surface area contributed by atoms with Gasteiger partial charge in [-0.15, -0.1) is 0 Å². The van der Waals surface area contributed by atoms with Gasteiger partial charge in [-0.2, -0.15) is 5.26 Å². The first-order valence-corrected chi connectivity index (χ1v) is 4.22. The maximum atomic E-state index is 11.6. The summed E-state index contributed by atoms with van der Waals surface area (Å²) >= 11 is 0. The van der Waals surface area contributed by atoms with Crippen LogP contribution in [0.5, 0.6) is 0 Å². The van der Waals surface area contributed by atoms with Gasteiger partial charge in [0.1, 0.15) is 11.6 Å². The molecule has 3 heteroatoms. The van der Waals surface area contributed by atoms with E-state index in [1.54, 1.807) is 19.3 Å². The average molecular weight is 184 g/mol. The van der Waals surface area contributed by atoms with Crippen LogP contribution in [0.25, 0.3) is 10.8 Å². The van der Waals surface area contributed by atoms with Crippen LogP contribution in [0.3, 0.4) is 0 Å². The zero-order valence-electron chi connectivity index (χ0n) is 7.69.